The second kappa shape index (κ2) is 14.1. The Morgan fingerprint density at radius 1 is 0.967 bits per heavy atom. The molecule has 0 aliphatic carbocycles. The van der Waals surface area contributed by atoms with Gasteiger partial charge in [-0.15, -0.1) is 24.8 Å². The highest BCUT2D eigenvalue weighted by molar-refractivity contribution is 8.13. The van der Waals surface area contributed by atoms with Gasteiger partial charge in [-0.1, -0.05) is 23.7 Å². The number of nitrogens with one attached hydrogen (secondary N) is 1. The van der Waals surface area contributed by atoms with Gasteiger partial charge >= 0.3 is 5.23 Å². The van der Waals surface area contributed by atoms with Gasteiger partial charge in [0.05, 0.1) is 0 Å². The average Bonchev–Trinajstić information content (AvgIpc) is 2.70. The van der Waals surface area contributed by atoms with Gasteiger partial charge in [-0.05, 0) is 54.6 Å². The molecule has 1 heterocycles. The average molecular weight is 496 g/mol. The third-order valence-electron chi connectivity index (χ3n) is 4.74. The molecule has 4 nitrogen and oxygen atoms in total. The molecule has 1 aliphatic heterocycles. The van der Waals surface area contributed by atoms with Crippen LogP contribution >= 0.6 is 48.2 Å². The van der Waals surface area contributed by atoms with E-state index in [1.54, 1.807) is 12.1 Å². The number of nitrogens with zero attached hydrogens (tertiary/aromatic N) is 2. The van der Waals surface area contributed by atoms with Crippen molar-refractivity contribution in [1.82, 2.24) is 9.80 Å². The number of aliphatic hydroxyl groups excluding tert-OH is 1. The molecule has 30 heavy (non-hydrogen) atoms. The third kappa shape index (κ3) is 9.41. The molecule has 1 fully saturated rings. The van der Waals surface area contributed by atoms with Crippen LogP contribution in [0.3, 0.4) is 0 Å². The van der Waals surface area contributed by atoms with E-state index in [2.05, 4.69) is 26.9 Å². The number of hydrogen-bond acceptors (Lipinski definition) is 3. The largest absolute Gasteiger partial charge is 0.455 e. The number of thioether (sulfide) groups is 1. The number of piperazine rings is 1. The topological polar surface area (TPSA) is 40.7 Å². The number of hydrogen-bond donors (Lipinski definition) is 2. The van der Waals surface area contributed by atoms with Crippen molar-refractivity contribution in [1.29, 1.82) is 0 Å². The zero-order valence-electron chi connectivity index (χ0n) is 16.6. The lowest BCUT2D eigenvalue weighted by molar-refractivity contribution is -0.360. The van der Waals surface area contributed by atoms with Crippen molar-refractivity contribution in [3.8, 4) is 0 Å². The Balaban J connectivity index is 0.00000225. The fraction of sp³-hybridized carbons (Fsp3) is 0.381. The number of aliphatic hydroxyl groups is 1. The predicted octanol–water partition coefficient (Wildman–Crippen LogP) is 3.89. The van der Waals surface area contributed by atoms with E-state index in [0.29, 0.717) is 5.69 Å². The molecule has 1 saturated heterocycles. The number of halogens is 4. The van der Waals surface area contributed by atoms with Crippen LogP contribution in [0.1, 0.15) is 12.0 Å². The van der Waals surface area contributed by atoms with E-state index in [1.165, 1.54) is 29.5 Å². The van der Waals surface area contributed by atoms with Crippen LogP contribution in [0, 0.1) is 5.82 Å². The minimum atomic E-state index is -0.286. The standard InChI is InChI=1S/C21H25ClFN3OS.2ClH/c22-18-4-2-17(3-5-18)16-26-13-11-25(12-14-26)10-1-15-28-21(27)24-20-8-6-19(23)7-9-20;;/h2-9H,1,10-16H2,(H,24,27);2*1H/p+1. The van der Waals surface area contributed by atoms with Crippen LogP contribution < -0.4 is 4.99 Å². The van der Waals surface area contributed by atoms with Gasteiger partial charge in [-0.2, -0.15) is 4.99 Å². The lowest BCUT2D eigenvalue weighted by Crippen LogP contribution is -2.65. The van der Waals surface area contributed by atoms with Crippen molar-refractivity contribution in [2.45, 2.75) is 13.0 Å². The zero-order valence-corrected chi connectivity index (χ0v) is 19.8. The summed E-state index contributed by atoms with van der Waals surface area (Å²) < 4.78 is 12.9. The monoisotopic (exact) mass is 494 g/mol. The van der Waals surface area contributed by atoms with Crippen LogP contribution in [-0.4, -0.2) is 58.6 Å². The number of rotatable bonds is 7. The summed E-state index contributed by atoms with van der Waals surface area (Å²) in [6.45, 7) is 6.28. The number of benzene rings is 2. The lowest BCUT2D eigenvalue weighted by Gasteiger charge is -2.34. The Bertz CT molecular complexity index is 770. The Kier molecular flexibility index (Phi) is 12.7. The van der Waals surface area contributed by atoms with Gasteiger partial charge in [0, 0.05) is 55.6 Å². The molecule has 0 amide bonds. The van der Waals surface area contributed by atoms with E-state index in [0.717, 1.165) is 56.5 Å². The third-order valence-corrected chi connectivity index (χ3v) is 5.86. The molecule has 166 valence electrons. The lowest BCUT2D eigenvalue weighted by atomic mass is 10.2. The maximum Gasteiger partial charge on any atom is 0.402 e. The molecule has 0 aromatic heterocycles. The molecule has 3 rings (SSSR count). The first kappa shape index (κ1) is 27.0. The normalized spacial score (nSPS) is 15.3. The maximum absolute atomic E-state index is 12.9. The van der Waals surface area contributed by atoms with Crippen LogP contribution in [0.15, 0.2) is 48.5 Å². The van der Waals surface area contributed by atoms with Gasteiger partial charge in [0.25, 0.3) is 0 Å². The second-order valence-corrected chi connectivity index (χ2v) is 8.40. The van der Waals surface area contributed by atoms with Gasteiger partial charge < -0.3 is 10.0 Å². The van der Waals surface area contributed by atoms with Gasteiger partial charge in [0.1, 0.15) is 5.82 Å². The van der Waals surface area contributed by atoms with Crippen molar-refractivity contribution in [3.05, 3.63) is 64.9 Å². The first-order chi connectivity index (χ1) is 13.6. The molecule has 0 atom stereocenters. The fourth-order valence-corrected chi connectivity index (χ4v) is 3.95. The zero-order chi connectivity index (χ0) is 19.8. The molecule has 0 unspecified atom stereocenters. The smallest absolute Gasteiger partial charge is 0.402 e. The molecule has 2 aromatic rings. The molecule has 0 radical (unpaired) electrons. The quantitative estimate of drug-likeness (QED) is 0.347. The summed E-state index contributed by atoms with van der Waals surface area (Å²) in [6, 6.07) is 14.0. The van der Waals surface area contributed by atoms with Gasteiger partial charge in [0.2, 0.25) is 5.69 Å². The fourth-order valence-electron chi connectivity index (χ4n) is 3.17. The van der Waals surface area contributed by atoms with Crippen LogP contribution in [0.4, 0.5) is 10.1 Å². The van der Waals surface area contributed by atoms with Crippen LogP contribution in [-0.2, 0) is 6.54 Å². The molecule has 2 N–H and O–H groups in total. The molecule has 9 heteroatoms. The molecular formula is C21H28Cl3FN3OS+. The summed E-state index contributed by atoms with van der Waals surface area (Å²) in [5.41, 5.74) is 1.98. The van der Waals surface area contributed by atoms with E-state index < -0.39 is 0 Å². The summed E-state index contributed by atoms with van der Waals surface area (Å²) in [4.78, 5) is 7.83. The van der Waals surface area contributed by atoms with Crippen LogP contribution in [0.5, 0.6) is 0 Å². The van der Waals surface area contributed by atoms with Crippen molar-refractivity contribution in [3.63, 3.8) is 0 Å². The molecule has 1 aliphatic rings. The van der Waals surface area contributed by atoms with Crippen molar-refractivity contribution in [2.75, 3.05) is 38.5 Å². The Hall–Kier alpha value is -1.02. The van der Waals surface area contributed by atoms with E-state index in [-0.39, 0.29) is 35.9 Å². The van der Waals surface area contributed by atoms with Gasteiger partial charge in [-0.3, -0.25) is 4.90 Å². The van der Waals surface area contributed by atoms with Crippen molar-refractivity contribution in [2.24, 2.45) is 0 Å². The minimum Gasteiger partial charge on any atom is -0.455 e. The Labute approximate surface area is 199 Å². The Morgan fingerprint density at radius 3 is 2.20 bits per heavy atom. The van der Waals surface area contributed by atoms with E-state index in [4.69, 9.17) is 11.6 Å². The van der Waals surface area contributed by atoms with Crippen molar-refractivity contribution < 1.29 is 14.5 Å². The van der Waals surface area contributed by atoms with E-state index in [1.807, 2.05) is 12.1 Å². The van der Waals surface area contributed by atoms with Gasteiger partial charge in [-0.25, -0.2) is 4.39 Å². The highest BCUT2D eigenvalue weighted by Gasteiger charge is 2.17. The molecule has 0 spiro atoms. The van der Waals surface area contributed by atoms with Crippen molar-refractivity contribution >= 4 is 59.1 Å². The summed E-state index contributed by atoms with van der Waals surface area (Å²) in [6.07, 6.45) is 1.01. The summed E-state index contributed by atoms with van der Waals surface area (Å²) >= 11 is 7.33. The molecule has 0 bridgehead atoms. The predicted molar refractivity (Wildman–Crippen MR) is 129 cm³/mol. The summed E-state index contributed by atoms with van der Waals surface area (Å²) in [7, 11) is 0. The van der Waals surface area contributed by atoms with Crippen LogP contribution in [0.25, 0.3) is 0 Å². The van der Waals surface area contributed by atoms with E-state index >= 15 is 0 Å². The highest BCUT2D eigenvalue weighted by atomic mass is 35.5. The minimum absolute atomic E-state index is 0. The van der Waals surface area contributed by atoms with E-state index in [9.17, 15) is 9.50 Å². The first-order valence-corrected chi connectivity index (χ1v) is 10.9. The summed E-state index contributed by atoms with van der Waals surface area (Å²) in [5.74, 6) is 0.552. The second-order valence-electron chi connectivity index (χ2n) is 6.88. The molecule has 2 aromatic carbocycles. The van der Waals surface area contributed by atoms with Crippen LogP contribution in [0.2, 0.25) is 5.02 Å². The Morgan fingerprint density at radius 2 is 1.57 bits per heavy atom. The highest BCUT2D eigenvalue weighted by Crippen LogP contribution is 2.13. The summed E-state index contributed by atoms with van der Waals surface area (Å²) in [5, 5.41) is 10.9. The van der Waals surface area contributed by atoms with Gasteiger partial charge in [0.15, 0.2) is 0 Å². The molecular weight excluding hydrogens is 468 g/mol. The SMILES string of the molecule is Cl.Cl.OC(=[NH+]c1ccc(F)cc1)SCCCN1CCN(Cc2ccc(Cl)cc2)CC1. The molecule has 0 saturated carbocycles. The maximum atomic E-state index is 12.9. The first-order valence-electron chi connectivity index (χ1n) is 9.49.